The highest BCUT2D eigenvalue weighted by Gasteiger charge is 2.23. The van der Waals surface area contributed by atoms with Crippen LogP contribution in [0.2, 0.25) is 4.34 Å². The van der Waals surface area contributed by atoms with Crippen molar-refractivity contribution in [2.45, 2.75) is 32.2 Å². The van der Waals surface area contributed by atoms with E-state index in [1.54, 1.807) is 11.3 Å². The Morgan fingerprint density at radius 1 is 1.39 bits per heavy atom. The van der Waals surface area contributed by atoms with Crippen molar-refractivity contribution >= 4 is 38.9 Å². The van der Waals surface area contributed by atoms with Gasteiger partial charge in [-0.15, -0.1) is 11.3 Å². The van der Waals surface area contributed by atoms with Crippen LogP contribution in [0.5, 0.6) is 0 Å². The lowest BCUT2D eigenvalue weighted by Crippen LogP contribution is -2.32. The highest BCUT2D eigenvalue weighted by Crippen LogP contribution is 2.32. The van der Waals surface area contributed by atoms with E-state index in [4.69, 9.17) is 11.6 Å². The van der Waals surface area contributed by atoms with Crippen molar-refractivity contribution in [2.24, 2.45) is 11.8 Å². The number of hydrogen-bond acceptors (Lipinski definition) is 3. The fraction of sp³-hybridized carbons (Fsp3) is 0.692. The fourth-order valence-corrected chi connectivity index (χ4v) is 4.41. The number of hydrogen-bond donors (Lipinski definition) is 2. The van der Waals surface area contributed by atoms with E-state index in [-0.39, 0.29) is 0 Å². The van der Waals surface area contributed by atoms with Gasteiger partial charge in [0.1, 0.15) is 4.34 Å². The summed E-state index contributed by atoms with van der Waals surface area (Å²) in [4.78, 5) is 1.25. The first-order valence-corrected chi connectivity index (χ1v) is 8.44. The molecule has 2 nitrogen and oxygen atoms in total. The van der Waals surface area contributed by atoms with Crippen LogP contribution < -0.4 is 5.32 Å². The molecule has 1 aromatic rings. The Kier molecular flexibility index (Phi) is 5.96. The van der Waals surface area contributed by atoms with E-state index >= 15 is 0 Å². The van der Waals surface area contributed by atoms with Gasteiger partial charge in [0.05, 0.1) is 0 Å². The minimum absolute atomic E-state index is 0.336. The summed E-state index contributed by atoms with van der Waals surface area (Å²) in [5.41, 5.74) is 0. The van der Waals surface area contributed by atoms with E-state index in [0.717, 1.165) is 21.9 Å². The molecule has 1 saturated carbocycles. The number of aliphatic hydroxyl groups excluding tert-OH is 1. The number of rotatable bonds is 5. The summed E-state index contributed by atoms with van der Waals surface area (Å²) in [6.07, 6.45) is 5.00. The van der Waals surface area contributed by atoms with E-state index in [2.05, 4.69) is 27.3 Å². The smallest absolute Gasteiger partial charge is 0.107 e. The van der Waals surface area contributed by atoms with Crippen molar-refractivity contribution in [3.05, 3.63) is 19.8 Å². The molecule has 1 heterocycles. The Morgan fingerprint density at radius 3 is 2.72 bits per heavy atom. The Labute approximate surface area is 126 Å². The predicted octanol–water partition coefficient (Wildman–Crippen LogP) is 4.05. The van der Waals surface area contributed by atoms with Gasteiger partial charge in [-0.3, -0.25) is 0 Å². The maximum Gasteiger partial charge on any atom is 0.107 e. The van der Waals surface area contributed by atoms with Gasteiger partial charge in [-0.1, -0.05) is 24.4 Å². The molecular weight excluding hydrogens is 334 g/mol. The molecule has 0 spiro atoms. The molecule has 102 valence electrons. The zero-order valence-electron chi connectivity index (χ0n) is 10.3. The second-order valence-corrected chi connectivity index (χ2v) is 7.55. The lowest BCUT2D eigenvalue weighted by Gasteiger charge is -2.30. The molecule has 2 unspecified atom stereocenters. The number of halogens is 2. The molecule has 0 aromatic carbocycles. The Balaban J connectivity index is 1.77. The van der Waals surface area contributed by atoms with Gasteiger partial charge < -0.3 is 10.4 Å². The quantitative estimate of drug-likeness (QED) is 0.838. The molecule has 1 fully saturated rings. The molecule has 1 aliphatic carbocycles. The molecule has 0 saturated heterocycles. The minimum atomic E-state index is 0.336. The molecule has 1 aromatic heterocycles. The molecule has 2 atom stereocenters. The normalized spacial score (nSPS) is 24.4. The summed E-state index contributed by atoms with van der Waals surface area (Å²) >= 11 is 11.1. The van der Waals surface area contributed by atoms with Crippen LogP contribution in [-0.4, -0.2) is 18.3 Å². The van der Waals surface area contributed by atoms with Gasteiger partial charge in [-0.25, -0.2) is 0 Å². The number of aliphatic hydroxyl groups is 1. The van der Waals surface area contributed by atoms with Crippen LogP contribution >= 0.6 is 38.9 Å². The maximum atomic E-state index is 9.37. The minimum Gasteiger partial charge on any atom is -0.396 e. The SMILES string of the molecule is OCC1CCCCC1CNCc1cc(Br)c(Cl)s1. The van der Waals surface area contributed by atoms with Gasteiger partial charge in [-0.2, -0.15) is 0 Å². The van der Waals surface area contributed by atoms with Crippen LogP contribution in [0, 0.1) is 11.8 Å². The summed E-state index contributed by atoms with van der Waals surface area (Å²) < 4.78 is 1.80. The second kappa shape index (κ2) is 7.25. The van der Waals surface area contributed by atoms with Gasteiger partial charge in [-0.05, 0) is 53.2 Å². The average Bonchev–Trinajstić information content (AvgIpc) is 2.69. The summed E-state index contributed by atoms with van der Waals surface area (Å²) in [7, 11) is 0. The predicted molar refractivity (Wildman–Crippen MR) is 81.3 cm³/mol. The first-order chi connectivity index (χ1) is 8.70. The highest BCUT2D eigenvalue weighted by molar-refractivity contribution is 9.10. The molecule has 2 rings (SSSR count). The maximum absolute atomic E-state index is 9.37. The van der Waals surface area contributed by atoms with Crippen LogP contribution in [0.3, 0.4) is 0 Å². The van der Waals surface area contributed by atoms with Crippen LogP contribution in [0.1, 0.15) is 30.6 Å². The van der Waals surface area contributed by atoms with E-state index < -0.39 is 0 Å². The topological polar surface area (TPSA) is 32.3 Å². The van der Waals surface area contributed by atoms with E-state index in [9.17, 15) is 5.11 Å². The molecule has 2 N–H and O–H groups in total. The third-order valence-corrected chi connectivity index (χ3v) is 6.18. The molecule has 0 bridgehead atoms. The lowest BCUT2D eigenvalue weighted by molar-refractivity contribution is 0.133. The summed E-state index contributed by atoms with van der Waals surface area (Å²) in [5, 5.41) is 12.9. The van der Waals surface area contributed by atoms with Gasteiger partial charge in [0.25, 0.3) is 0 Å². The second-order valence-electron chi connectivity index (χ2n) is 4.95. The van der Waals surface area contributed by atoms with Gasteiger partial charge in [0.15, 0.2) is 0 Å². The molecule has 5 heteroatoms. The number of nitrogens with one attached hydrogen (secondary N) is 1. The Morgan fingerprint density at radius 2 is 2.11 bits per heavy atom. The number of thiophene rings is 1. The van der Waals surface area contributed by atoms with Crippen molar-refractivity contribution in [1.82, 2.24) is 5.32 Å². The third-order valence-electron chi connectivity index (χ3n) is 3.70. The van der Waals surface area contributed by atoms with Crippen molar-refractivity contribution in [3.63, 3.8) is 0 Å². The Bertz CT molecular complexity index is 366. The molecule has 18 heavy (non-hydrogen) atoms. The molecule has 0 radical (unpaired) electrons. The largest absolute Gasteiger partial charge is 0.396 e. The van der Waals surface area contributed by atoms with Crippen LogP contribution in [0.25, 0.3) is 0 Å². The van der Waals surface area contributed by atoms with Gasteiger partial charge >= 0.3 is 0 Å². The molecule has 1 aliphatic rings. The van der Waals surface area contributed by atoms with Crippen molar-refractivity contribution in [3.8, 4) is 0 Å². The zero-order chi connectivity index (χ0) is 13.0. The van der Waals surface area contributed by atoms with Crippen molar-refractivity contribution in [1.29, 1.82) is 0 Å². The van der Waals surface area contributed by atoms with Crippen LogP contribution in [0.4, 0.5) is 0 Å². The lowest BCUT2D eigenvalue weighted by atomic mass is 9.79. The summed E-state index contributed by atoms with van der Waals surface area (Å²) in [6, 6.07) is 2.07. The highest BCUT2D eigenvalue weighted by atomic mass is 79.9. The monoisotopic (exact) mass is 351 g/mol. The zero-order valence-corrected chi connectivity index (χ0v) is 13.5. The summed E-state index contributed by atoms with van der Waals surface area (Å²) in [6.45, 7) is 2.20. The standard InChI is InChI=1S/C13H19BrClNOS/c14-12-5-11(18-13(12)15)7-16-6-9-3-1-2-4-10(9)8-17/h5,9-10,16-17H,1-4,6-8H2. The van der Waals surface area contributed by atoms with E-state index in [0.29, 0.717) is 18.4 Å². The first-order valence-electron chi connectivity index (χ1n) is 6.46. The van der Waals surface area contributed by atoms with Crippen LogP contribution in [-0.2, 0) is 6.54 Å². The summed E-state index contributed by atoms with van der Waals surface area (Å²) in [5.74, 6) is 1.12. The van der Waals surface area contributed by atoms with Gasteiger partial charge in [0.2, 0.25) is 0 Å². The fourth-order valence-electron chi connectivity index (χ4n) is 2.65. The molecule has 0 aliphatic heterocycles. The van der Waals surface area contributed by atoms with Gasteiger partial charge in [0, 0.05) is 22.5 Å². The van der Waals surface area contributed by atoms with E-state index in [1.807, 2.05) is 0 Å². The van der Waals surface area contributed by atoms with E-state index in [1.165, 1.54) is 30.6 Å². The van der Waals surface area contributed by atoms with Crippen molar-refractivity contribution in [2.75, 3.05) is 13.2 Å². The first kappa shape index (κ1) is 14.8. The molecular formula is C13H19BrClNOS. The average molecular weight is 353 g/mol. The Hall–Kier alpha value is 0.390. The molecule has 0 amide bonds. The van der Waals surface area contributed by atoms with Crippen LogP contribution in [0.15, 0.2) is 10.5 Å². The third kappa shape index (κ3) is 3.94. The van der Waals surface area contributed by atoms with Crippen molar-refractivity contribution < 1.29 is 5.11 Å².